The van der Waals surface area contributed by atoms with Gasteiger partial charge in [0, 0.05) is 18.7 Å². The Morgan fingerprint density at radius 3 is 2.24 bits per heavy atom. The van der Waals surface area contributed by atoms with Crippen LogP contribution in [0.25, 0.3) is 0 Å². The van der Waals surface area contributed by atoms with Crippen molar-refractivity contribution in [2.75, 3.05) is 13.1 Å². The molecule has 1 aromatic carbocycles. The van der Waals surface area contributed by atoms with Crippen molar-refractivity contribution >= 4 is 17.6 Å². The van der Waals surface area contributed by atoms with E-state index in [2.05, 4.69) is 0 Å². The zero-order chi connectivity index (χ0) is 16.0. The summed E-state index contributed by atoms with van der Waals surface area (Å²) in [4.78, 5) is 33.6. The molecule has 0 fully saturated rings. The number of nitro groups is 1. The molecule has 0 saturated heterocycles. The third kappa shape index (κ3) is 4.53. The Hall–Kier alpha value is -2.48. The normalized spacial score (nSPS) is 12.1. The second-order valence-corrected chi connectivity index (χ2v) is 4.36. The Morgan fingerprint density at radius 1 is 1.29 bits per heavy atom. The number of aliphatic carboxylic acids is 2. The first-order valence-electron chi connectivity index (χ1n) is 6.29. The number of non-ortho nitro benzene ring substituents is 1. The Morgan fingerprint density at radius 2 is 1.86 bits per heavy atom. The molecular formula is C13H16N2O6. The first kappa shape index (κ1) is 16.6. The van der Waals surface area contributed by atoms with Crippen LogP contribution in [0.4, 0.5) is 5.69 Å². The Labute approximate surface area is 120 Å². The summed E-state index contributed by atoms with van der Waals surface area (Å²) in [6.07, 6.45) is -0.176. The molecule has 2 N–H and O–H groups in total. The van der Waals surface area contributed by atoms with Crippen molar-refractivity contribution in [3.8, 4) is 0 Å². The highest BCUT2D eigenvalue weighted by molar-refractivity contribution is 5.76. The quantitative estimate of drug-likeness (QED) is 0.551. The van der Waals surface area contributed by atoms with Gasteiger partial charge in [-0.3, -0.25) is 24.6 Å². The number of hydrogen-bond acceptors (Lipinski definition) is 5. The molecule has 114 valence electrons. The van der Waals surface area contributed by atoms with E-state index in [1.807, 2.05) is 0 Å². The molecule has 0 radical (unpaired) electrons. The second-order valence-electron chi connectivity index (χ2n) is 4.36. The van der Waals surface area contributed by atoms with Crippen LogP contribution >= 0.6 is 0 Å². The molecule has 1 atom stereocenters. The van der Waals surface area contributed by atoms with Gasteiger partial charge in [-0.15, -0.1) is 0 Å². The van der Waals surface area contributed by atoms with Crippen LogP contribution in [-0.2, 0) is 9.59 Å². The average Bonchev–Trinajstić information content (AvgIpc) is 2.42. The molecule has 0 spiro atoms. The number of rotatable bonds is 8. The molecule has 0 amide bonds. The zero-order valence-electron chi connectivity index (χ0n) is 11.4. The van der Waals surface area contributed by atoms with Gasteiger partial charge in [-0.05, 0) is 12.1 Å². The number of hydrogen-bond donors (Lipinski definition) is 2. The van der Waals surface area contributed by atoms with Gasteiger partial charge in [0.25, 0.3) is 5.69 Å². The van der Waals surface area contributed by atoms with E-state index in [1.54, 1.807) is 6.92 Å². The van der Waals surface area contributed by atoms with Gasteiger partial charge in [-0.2, -0.15) is 0 Å². The first-order valence-corrected chi connectivity index (χ1v) is 6.29. The van der Waals surface area contributed by atoms with Crippen LogP contribution in [0, 0.1) is 10.1 Å². The Bertz CT molecular complexity index is 528. The largest absolute Gasteiger partial charge is 0.481 e. The predicted octanol–water partition coefficient (Wildman–Crippen LogP) is 1.52. The summed E-state index contributed by atoms with van der Waals surface area (Å²) in [5.74, 6) is -2.14. The number of likely N-dealkylation sites (N-methyl/N-ethyl adjacent to an activating group) is 1. The minimum absolute atomic E-state index is 0.0831. The van der Waals surface area contributed by atoms with E-state index in [0.717, 1.165) is 0 Å². The van der Waals surface area contributed by atoms with Crippen molar-refractivity contribution in [3.63, 3.8) is 0 Å². The maximum absolute atomic E-state index is 11.4. The molecule has 8 heteroatoms. The van der Waals surface area contributed by atoms with Crippen molar-refractivity contribution in [2.24, 2.45) is 0 Å². The van der Waals surface area contributed by atoms with Gasteiger partial charge >= 0.3 is 11.9 Å². The summed E-state index contributed by atoms with van der Waals surface area (Å²) in [5.41, 5.74) is 0.247. The van der Waals surface area contributed by atoms with Crippen LogP contribution in [-0.4, -0.2) is 45.1 Å². The zero-order valence-corrected chi connectivity index (χ0v) is 11.4. The fraction of sp³-hybridized carbons (Fsp3) is 0.385. The Balaban J connectivity index is 3.01. The smallest absolute Gasteiger partial charge is 0.325 e. The summed E-state index contributed by atoms with van der Waals surface area (Å²) < 4.78 is 0. The molecule has 0 heterocycles. The van der Waals surface area contributed by atoms with Crippen molar-refractivity contribution in [1.82, 2.24) is 4.90 Å². The molecule has 0 aliphatic rings. The van der Waals surface area contributed by atoms with Gasteiger partial charge in [0.1, 0.15) is 6.04 Å². The maximum Gasteiger partial charge on any atom is 0.325 e. The van der Waals surface area contributed by atoms with E-state index in [1.165, 1.54) is 29.2 Å². The highest BCUT2D eigenvalue weighted by atomic mass is 16.6. The van der Waals surface area contributed by atoms with Crippen LogP contribution in [0.1, 0.15) is 24.9 Å². The molecule has 0 aliphatic heterocycles. The van der Waals surface area contributed by atoms with Crippen LogP contribution in [0.2, 0.25) is 0 Å². The lowest BCUT2D eigenvalue weighted by atomic mass is 10.0. The highest BCUT2D eigenvalue weighted by Gasteiger charge is 2.27. The van der Waals surface area contributed by atoms with E-state index in [-0.39, 0.29) is 18.7 Å². The van der Waals surface area contributed by atoms with Crippen molar-refractivity contribution < 1.29 is 24.7 Å². The summed E-state index contributed by atoms with van der Waals surface area (Å²) in [6, 6.07) is 4.18. The van der Waals surface area contributed by atoms with Gasteiger partial charge < -0.3 is 10.2 Å². The van der Waals surface area contributed by atoms with Crippen LogP contribution in [0.5, 0.6) is 0 Å². The lowest BCUT2D eigenvalue weighted by molar-refractivity contribution is -0.384. The number of nitro benzene ring substituents is 1. The monoisotopic (exact) mass is 296 g/mol. The van der Waals surface area contributed by atoms with Crippen molar-refractivity contribution in [3.05, 3.63) is 39.9 Å². The third-order valence-corrected chi connectivity index (χ3v) is 3.04. The number of carbonyl (C=O) groups is 2. The van der Waals surface area contributed by atoms with Crippen LogP contribution in [0.15, 0.2) is 24.3 Å². The van der Waals surface area contributed by atoms with E-state index < -0.39 is 22.9 Å². The standard InChI is InChI=1S/C13H16N2O6/c1-2-14(8-7-11(16)17)12(13(18)19)9-3-5-10(6-4-9)15(20)21/h3-6,12H,2,7-8H2,1H3,(H,16,17)(H,18,19). The number of benzene rings is 1. The Kier molecular flexibility index (Phi) is 5.79. The molecule has 21 heavy (non-hydrogen) atoms. The fourth-order valence-corrected chi connectivity index (χ4v) is 2.00. The topological polar surface area (TPSA) is 121 Å². The second kappa shape index (κ2) is 7.34. The van der Waals surface area contributed by atoms with Gasteiger partial charge in [0.15, 0.2) is 0 Å². The van der Waals surface area contributed by atoms with E-state index in [4.69, 9.17) is 5.11 Å². The molecule has 1 aromatic rings. The molecule has 0 bridgehead atoms. The predicted molar refractivity (Wildman–Crippen MR) is 73.0 cm³/mol. The molecule has 0 saturated carbocycles. The third-order valence-electron chi connectivity index (χ3n) is 3.04. The SMILES string of the molecule is CCN(CCC(=O)O)C(C(=O)O)c1ccc([N+](=O)[O-])cc1. The van der Waals surface area contributed by atoms with Crippen LogP contribution in [0.3, 0.4) is 0 Å². The van der Waals surface area contributed by atoms with Gasteiger partial charge in [-0.25, -0.2) is 0 Å². The molecule has 8 nitrogen and oxygen atoms in total. The average molecular weight is 296 g/mol. The molecule has 0 aromatic heterocycles. The first-order chi connectivity index (χ1) is 9.86. The van der Waals surface area contributed by atoms with Gasteiger partial charge in [-0.1, -0.05) is 19.1 Å². The minimum Gasteiger partial charge on any atom is -0.481 e. The highest BCUT2D eigenvalue weighted by Crippen LogP contribution is 2.23. The minimum atomic E-state index is -1.13. The lowest BCUT2D eigenvalue weighted by Crippen LogP contribution is -2.35. The fourth-order valence-electron chi connectivity index (χ4n) is 2.00. The number of carboxylic acid groups (broad SMARTS) is 2. The summed E-state index contributed by atoms with van der Waals surface area (Å²) in [5, 5.41) is 28.6. The van der Waals surface area contributed by atoms with E-state index in [9.17, 15) is 24.8 Å². The summed E-state index contributed by atoms with van der Waals surface area (Å²) in [7, 11) is 0. The van der Waals surface area contributed by atoms with Crippen LogP contribution < -0.4 is 0 Å². The maximum atomic E-state index is 11.4. The molecule has 0 aliphatic carbocycles. The van der Waals surface area contributed by atoms with Crippen molar-refractivity contribution in [1.29, 1.82) is 0 Å². The van der Waals surface area contributed by atoms with Gasteiger partial charge in [0.05, 0.1) is 11.3 Å². The number of carboxylic acids is 2. The lowest BCUT2D eigenvalue weighted by Gasteiger charge is -2.27. The van der Waals surface area contributed by atoms with Gasteiger partial charge in [0.2, 0.25) is 0 Å². The molecule has 1 unspecified atom stereocenters. The van der Waals surface area contributed by atoms with Crippen molar-refractivity contribution in [2.45, 2.75) is 19.4 Å². The molecule has 1 rings (SSSR count). The summed E-state index contributed by atoms with van der Waals surface area (Å²) in [6.45, 7) is 2.16. The number of nitrogens with zero attached hydrogens (tertiary/aromatic N) is 2. The molecular weight excluding hydrogens is 280 g/mol. The van der Waals surface area contributed by atoms with E-state index in [0.29, 0.717) is 12.1 Å². The van der Waals surface area contributed by atoms with E-state index >= 15 is 0 Å². The summed E-state index contributed by atoms with van der Waals surface area (Å²) >= 11 is 0.